The smallest absolute Gasteiger partial charge is 0.146 e. The maximum Gasteiger partial charge on any atom is 0.146 e. The topological polar surface area (TPSA) is 17.3 Å². The van der Waals surface area contributed by atoms with E-state index in [1.165, 1.54) is 27.5 Å². The van der Waals surface area contributed by atoms with Crippen molar-refractivity contribution in [3.8, 4) is 0 Å². The maximum absolute atomic E-state index is 4.89. The fourth-order valence-corrected chi connectivity index (χ4v) is 3.53. The number of nitrogens with zero attached hydrogens (tertiary/aromatic N) is 2. The molecule has 5 rings (SSSR count). The van der Waals surface area contributed by atoms with Gasteiger partial charge in [-0.3, -0.25) is 4.40 Å². The van der Waals surface area contributed by atoms with Crippen molar-refractivity contribution in [3.05, 3.63) is 65.7 Å². The van der Waals surface area contributed by atoms with E-state index < -0.39 is 0 Å². The van der Waals surface area contributed by atoms with Crippen molar-refractivity contribution in [2.45, 2.75) is 12.8 Å². The minimum atomic E-state index is 1.06. The van der Waals surface area contributed by atoms with Gasteiger partial charge in [0.05, 0.1) is 16.6 Å². The van der Waals surface area contributed by atoms with Crippen LogP contribution >= 0.6 is 0 Å². The number of para-hydroxylation sites is 3. The molecular weight excluding hydrogens is 256 g/mol. The third kappa shape index (κ3) is 1.39. The predicted molar refractivity (Wildman–Crippen MR) is 87.6 cm³/mol. The van der Waals surface area contributed by atoms with Gasteiger partial charge in [-0.05, 0) is 36.6 Å². The summed E-state index contributed by atoms with van der Waals surface area (Å²) < 4.78 is 2.30. The van der Waals surface area contributed by atoms with E-state index in [0.717, 1.165) is 24.0 Å². The van der Waals surface area contributed by atoms with Gasteiger partial charge in [-0.1, -0.05) is 42.5 Å². The molecular formula is C19H14N2. The molecule has 0 saturated carbocycles. The molecule has 0 atom stereocenters. The lowest BCUT2D eigenvalue weighted by Gasteiger charge is -2.16. The Morgan fingerprint density at radius 2 is 1.71 bits per heavy atom. The number of rotatable bonds is 0. The molecule has 2 nitrogen and oxygen atoms in total. The summed E-state index contributed by atoms with van der Waals surface area (Å²) >= 11 is 0. The van der Waals surface area contributed by atoms with Gasteiger partial charge in [-0.25, -0.2) is 4.98 Å². The Bertz CT molecular complexity index is 1040. The first kappa shape index (κ1) is 11.1. The van der Waals surface area contributed by atoms with Crippen molar-refractivity contribution in [1.29, 1.82) is 0 Å². The van der Waals surface area contributed by atoms with Gasteiger partial charge < -0.3 is 0 Å². The second kappa shape index (κ2) is 3.95. The summed E-state index contributed by atoms with van der Waals surface area (Å²) in [6, 6.07) is 17.1. The first-order valence-corrected chi connectivity index (χ1v) is 7.41. The van der Waals surface area contributed by atoms with Crippen LogP contribution in [0.15, 0.2) is 54.6 Å². The zero-order valence-electron chi connectivity index (χ0n) is 11.6. The Kier molecular flexibility index (Phi) is 2.09. The van der Waals surface area contributed by atoms with Crippen LogP contribution in [0.4, 0.5) is 0 Å². The first-order valence-electron chi connectivity index (χ1n) is 7.41. The largest absolute Gasteiger partial charge is 0.292 e. The van der Waals surface area contributed by atoms with Crippen LogP contribution in [0, 0.1) is 0 Å². The minimum absolute atomic E-state index is 1.06. The van der Waals surface area contributed by atoms with Gasteiger partial charge in [0.15, 0.2) is 0 Å². The van der Waals surface area contributed by atoms with Crippen LogP contribution < -0.4 is 0 Å². The molecule has 2 heterocycles. The van der Waals surface area contributed by atoms with Gasteiger partial charge >= 0.3 is 0 Å². The number of imidazole rings is 1. The van der Waals surface area contributed by atoms with Crippen molar-refractivity contribution in [2.75, 3.05) is 0 Å². The molecule has 21 heavy (non-hydrogen) atoms. The van der Waals surface area contributed by atoms with Crippen LogP contribution in [0.25, 0.3) is 33.7 Å². The first-order chi connectivity index (χ1) is 10.4. The van der Waals surface area contributed by atoms with Crippen LogP contribution in [0.1, 0.15) is 17.5 Å². The van der Waals surface area contributed by atoms with E-state index in [2.05, 4.69) is 65.1 Å². The molecule has 100 valence electrons. The van der Waals surface area contributed by atoms with E-state index in [0.29, 0.717) is 0 Å². The fourth-order valence-electron chi connectivity index (χ4n) is 3.53. The fraction of sp³-hybridized carbons (Fsp3) is 0.105. The third-order valence-corrected chi connectivity index (χ3v) is 4.44. The number of allylic oxidation sites excluding steroid dienone is 1. The Morgan fingerprint density at radius 1 is 0.905 bits per heavy atom. The molecule has 1 aliphatic carbocycles. The highest BCUT2D eigenvalue weighted by Crippen LogP contribution is 2.33. The summed E-state index contributed by atoms with van der Waals surface area (Å²) in [5.74, 6) is 0. The number of aryl methyl sites for hydroxylation is 1. The van der Waals surface area contributed by atoms with Crippen LogP contribution in [-0.4, -0.2) is 9.38 Å². The molecule has 2 aromatic heterocycles. The lowest BCUT2D eigenvalue weighted by Crippen LogP contribution is -2.01. The lowest BCUT2D eigenvalue weighted by molar-refractivity contribution is 0.993. The van der Waals surface area contributed by atoms with Gasteiger partial charge in [0.2, 0.25) is 0 Å². The molecule has 1 aliphatic rings. The third-order valence-electron chi connectivity index (χ3n) is 4.44. The van der Waals surface area contributed by atoms with Crippen molar-refractivity contribution in [3.63, 3.8) is 0 Å². The average molecular weight is 270 g/mol. The van der Waals surface area contributed by atoms with E-state index in [1.54, 1.807) is 0 Å². The van der Waals surface area contributed by atoms with Crippen LogP contribution in [0.5, 0.6) is 0 Å². The highest BCUT2D eigenvalue weighted by Gasteiger charge is 2.17. The Balaban J connectivity index is 2.16. The SMILES string of the molecule is C1=Cc2c(c3ccccc3n3c2nc2ccccc23)CC1. The normalized spacial score (nSPS) is 14.1. The van der Waals surface area contributed by atoms with Crippen molar-refractivity contribution in [2.24, 2.45) is 0 Å². The molecule has 0 N–H and O–H groups in total. The van der Waals surface area contributed by atoms with Gasteiger partial charge in [-0.15, -0.1) is 0 Å². The molecule has 0 aliphatic heterocycles. The van der Waals surface area contributed by atoms with E-state index in [4.69, 9.17) is 4.98 Å². The predicted octanol–water partition coefficient (Wildman–Crippen LogP) is 4.60. The summed E-state index contributed by atoms with van der Waals surface area (Å²) in [6.07, 6.45) is 6.72. The number of hydrogen-bond donors (Lipinski definition) is 0. The highest BCUT2D eigenvalue weighted by atomic mass is 15.0. The molecule has 0 saturated heterocycles. The molecule has 0 radical (unpaired) electrons. The lowest BCUT2D eigenvalue weighted by atomic mass is 9.94. The van der Waals surface area contributed by atoms with Crippen molar-refractivity contribution < 1.29 is 0 Å². The Labute approximate surface area is 122 Å². The highest BCUT2D eigenvalue weighted by molar-refractivity contribution is 5.97. The van der Waals surface area contributed by atoms with Crippen LogP contribution in [-0.2, 0) is 6.42 Å². The van der Waals surface area contributed by atoms with E-state index in [1.807, 2.05) is 0 Å². The molecule has 0 bridgehead atoms. The molecule has 0 fully saturated rings. The maximum atomic E-state index is 4.89. The molecule has 4 aromatic rings. The number of fused-ring (bicyclic) bond motifs is 8. The summed E-state index contributed by atoms with van der Waals surface area (Å²) in [5.41, 5.74) is 7.32. The van der Waals surface area contributed by atoms with Gasteiger partial charge in [0.25, 0.3) is 0 Å². The quantitative estimate of drug-likeness (QED) is 0.456. The summed E-state index contributed by atoms with van der Waals surface area (Å²) in [6.45, 7) is 0. The number of pyridine rings is 1. The second-order valence-corrected chi connectivity index (χ2v) is 5.61. The molecule has 2 aromatic carbocycles. The van der Waals surface area contributed by atoms with Crippen LogP contribution in [0.2, 0.25) is 0 Å². The van der Waals surface area contributed by atoms with Crippen LogP contribution in [0.3, 0.4) is 0 Å². The summed E-state index contributed by atoms with van der Waals surface area (Å²) in [7, 11) is 0. The molecule has 0 spiro atoms. The number of hydrogen-bond acceptors (Lipinski definition) is 1. The molecule has 0 amide bonds. The summed E-state index contributed by atoms with van der Waals surface area (Å²) in [4.78, 5) is 4.89. The summed E-state index contributed by atoms with van der Waals surface area (Å²) in [5, 5.41) is 1.35. The molecule has 2 heteroatoms. The van der Waals surface area contributed by atoms with Crippen molar-refractivity contribution >= 4 is 33.7 Å². The number of benzene rings is 2. The minimum Gasteiger partial charge on any atom is -0.292 e. The van der Waals surface area contributed by atoms with E-state index in [-0.39, 0.29) is 0 Å². The Morgan fingerprint density at radius 3 is 2.67 bits per heavy atom. The standard InChI is InChI=1S/C19H14N2/c1-2-9-15-13(7-1)14-8-3-5-11-17(14)21-18-12-6-4-10-16(18)20-19(15)21/h2-6,8-12H,1,7H2. The van der Waals surface area contributed by atoms with E-state index in [9.17, 15) is 0 Å². The number of aromatic nitrogens is 2. The second-order valence-electron chi connectivity index (χ2n) is 5.61. The van der Waals surface area contributed by atoms with Gasteiger partial charge in [0.1, 0.15) is 5.65 Å². The van der Waals surface area contributed by atoms with Gasteiger partial charge in [-0.2, -0.15) is 0 Å². The Hall–Kier alpha value is -2.61. The van der Waals surface area contributed by atoms with E-state index >= 15 is 0 Å². The van der Waals surface area contributed by atoms with Gasteiger partial charge in [0, 0.05) is 10.9 Å². The van der Waals surface area contributed by atoms with Crippen molar-refractivity contribution in [1.82, 2.24) is 9.38 Å². The zero-order chi connectivity index (χ0) is 13.8. The monoisotopic (exact) mass is 270 g/mol. The zero-order valence-corrected chi connectivity index (χ0v) is 11.6. The molecule has 0 unspecified atom stereocenters. The average Bonchev–Trinajstić information content (AvgIpc) is 2.95.